The van der Waals surface area contributed by atoms with Gasteiger partial charge in [-0.15, -0.1) is 10.2 Å². The van der Waals surface area contributed by atoms with Crippen LogP contribution in [0.15, 0.2) is 39.3 Å². The van der Waals surface area contributed by atoms with Gasteiger partial charge in [0.1, 0.15) is 17.3 Å². The fourth-order valence-electron chi connectivity index (χ4n) is 2.08. The van der Waals surface area contributed by atoms with Gasteiger partial charge < -0.3 is 9.84 Å². The molecule has 1 N–H and O–H groups in total. The molecule has 0 amide bonds. The molecule has 0 saturated carbocycles. The Morgan fingerprint density at radius 1 is 1.38 bits per heavy atom. The van der Waals surface area contributed by atoms with Crippen LogP contribution in [-0.4, -0.2) is 23.4 Å². The van der Waals surface area contributed by atoms with Crippen LogP contribution in [0, 0.1) is 24.1 Å². The molecular weight excluding hydrogens is 315 g/mol. The molecule has 1 aromatic carbocycles. The molecule has 0 atom stereocenters. The summed E-state index contributed by atoms with van der Waals surface area (Å²) < 4.78 is 19.5. The van der Waals surface area contributed by atoms with E-state index in [2.05, 4.69) is 10.2 Å². The Labute approximate surface area is 137 Å². The first-order valence-electron chi connectivity index (χ1n) is 7.03. The highest BCUT2D eigenvalue weighted by Crippen LogP contribution is 2.27. The zero-order chi connectivity index (χ0) is 17.7. The zero-order valence-corrected chi connectivity index (χ0v) is 13.2. The summed E-state index contributed by atoms with van der Waals surface area (Å²) in [6.07, 6.45) is 0. The van der Waals surface area contributed by atoms with Gasteiger partial charge in [0.15, 0.2) is 11.5 Å². The van der Waals surface area contributed by atoms with Crippen molar-refractivity contribution in [3.8, 4) is 11.9 Å². The maximum Gasteiger partial charge on any atom is 0.281 e. The normalized spacial score (nSPS) is 10.9. The first-order valence-corrected chi connectivity index (χ1v) is 7.03. The lowest BCUT2D eigenvalue weighted by Crippen LogP contribution is -2.23. The smallest absolute Gasteiger partial charge is 0.281 e. The lowest BCUT2D eigenvalue weighted by atomic mass is 10.1. The molecule has 0 bridgehead atoms. The number of azo groups is 1. The third-order valence-corrected chi connectivity index (χ3v) is 3.40. The fraction of sp³-hybridized carbons (Fsp3) is 0.250. The van der Waals surface area contributed by atoms with Gasteiger partial charge in [-0.2, -0.15) is 5.26 Å². The van der Waals surface area contributed by atoms with Crippen LogP contribution in [0.25, 0.3) is 0 Å². The number of methoxy groups -OCH3 is 1. The number of hydrogen-bond donors (Lipinski definition) is 1. The largest absolute Gasteiger partial charge is 0.493 e. The van der Waals surface area contributed by atoms with Crippen molar-refractivity contribution in [1.82, 2.24) is 4.57 Å². The SMILES string of the molecule is COCCn1c(O)c(C#N)c(C)c(N=Nc2ccccc2F)c1=O. The summed E-state index contributed by atoms with van der Waals surface area (Å²) in [4.78, 5) is 12.5. The topological polar surface area (TPSA) is 100.0 Å². The maximum atomic E-state index is 13.6. The van der Waals surface area contributed by atoms with Crippen LogP contribution in [0.2, 0.25) is 0 Å². The van der Waals surface area contributed by atoms with E-state index in [0.29, 0.717) is 0 Å². The standard InChI is InChI=1S/C16H15FN4O3/c1-10-11(9-18)15(22)21(7-8-24-2)16(23)14(10)20-19-13-6-4-3-5-12(13)17/h3-6,22H,7-8H2,1-2H3. The molecule has 0 radical (unpaired) electrons. The predicted molar refractivity (Wildman–Crippen MR) is 84.3 cm³/mol. The number of nitriles is 1. The van der Waals surface area contributed by atoms with E-state index < -0.39 is 17.3 Å². The summed E-state index contributed by atoms with van der Waals surface area (Å²) in [6.45, 7) is 1.67. The molecule has 0 aliphatic carbocycles. The average Bonchev–Trinajstić information content (AvgIpc) is 2.56. The second-order valence-corrected chi connectivity index (χ2v) is 4.89. The Balaban J connectivity index is 2.59. The van der Waals surface area contributed by atoms with Crippen molar-refractivity contribution in [2.45, 2.75) is 13.5 Å². The first-order chi connectivity index (χ1) is 11.5. The number of aromatic nitrogens is 1. The van der Waals surface area contributed by atoms with Crippen LogP contribution in [0.3, 0.4) is 0 Å². The zero-order valence-electron chi connectivity index (χ0n) is 13.2. The van der Waals surface area contributed by atoms with Crippen LogP contribution in [0.4, 0.5) is 15.8 Å². The molecule has 1 aromatic heterocycles. The maximum absolute atomic E-state index is 13.6. The highest BCUT2D eigenvalue weighted by atomic mass is 19.1. The van der Waals surface area contributed by atoms with Gasteiger partial charge in [-0.1, -0.05) is 12.1 Å². The van der Waals surface area contributed by atoms with Crippen LogP contribution in [0.5, 0.6) is 5.88 Å². The van der Waals surface area contributed by atoms with Gasteiger partial charge in [0.2, 0.25) is 5.88 Å². The molecule has 0 fully saturated rings. The summed E-state index contributed by atoms with van der Waals surface area (Å²) in [6, 6.07) is 7.54. The van der Waals surface area contributed by atoms with E-state index in [-0.39, 0.29) is 35.7 Å². The van der Waals surface area contributed by atoms with E-state index in [1.54, 1.807) is 6.07 Å². The molecule has 0 unspecified atom stereocenters. The second-order valence-electron chi connectivity index (χ2n) is 4.89. The van der Waals surface area contributed by atoms with Crippen molar-refractivity contribution >= 4 is 11.4 Å². The molecule has 2 rings (SSSR count). The Hall–Kier alpha value is -3.05. The lowest BCUT2D eigenvalue weighted by Gasteiger charge is -2.12. The number of hydrogen-bond acceptors (Lipinski definition) is 6. The molecule has 0 spiro atoms. The summed E-state index contributed by atoms with van der Waals surface area (Å²) in [5, 5.41) is 26.8. The molecular formula is C16H15FN4O3. The molecule has 2 aromatic rings. The monoisotopic (exact) mass is 330 g/mol. The minimum absolute atomic E-state index is 0.0358. The molecule has 0 aliphatic rings. The molecule has 0 saturated heterocycles. The van der Waals surface area contributed by atoms with Gasteiger partial charge in [-0.25, -0.2) is 4.39 Å². The van der Waals surface area contributed by atoms with Gasteiger partial charge in [0.25, 0.3) is 5.56 Å². The van der Waals surface area contributed by atoms with Gasteiger partial charge in [-0.3, -0.25) is 9.36 Å². The number of rotatable bonds is 5. The minimum Gasteiger partial charge on any atom is -0.493 e. The third-order valence-electron chi connectivity index (χ3n) is 3.40. The van der Waals surface area contributed by atoms with Crippen LogP contribution < -0.4 is 5.56 Å². The van der Waals surface area contributed by atoms with Gasteiger partial charge in [-0.05, 0) is 19.1 Å². The van der Waals surface area contributed by atoms with E-state index >= 15 is 0 Å². The quantitative estimate of drug-likeness (QED) is 0.852. The van der Waals surface area contributed by atoms with E-state index in [1.165, 1.54) is 32.2 Å². The Kier molecular flexibility index (Phi) is 5.39. The Morgan fingerprint density at radius 2 is 2.08 bits per heavy atom. The predicted octanol–water partition coefficient (Wildman–Crippen LogP) is 2.93. The van der Waals surface area contributed by atoms with Crippen molar-refractivity contribution in [3.63, 3.8) is 0 Å². The minimum atomic E-state index is -0.638. The van der Waals surface area contributed by atoms with Gasteiger partial charge >= 0.3 is 0 Å². The molecule has 124 valence electrons. The highest BCUT2D eigenvalue weighted by Gasteiger charge is 2.19. The number of halogens is 1. The molecule has 0 aliphatic heterocycles. The van der Waals surface area contributed by atoms with E-state index in [4.69, 9.17) is 4.74 Å². The number of nitrogens with zero attached hydrogens (tertiary/aromatic N) is 4. The Bertz CT molecular complexity index is 884. The molecule has 7 nitrogen and oxygen atoms in total. The molecule has 24 heavy (non-hydrogen) atoms. The van der Waals surface area contributed by atoms with E-state index in [9.17, 15) is 19.6 Å². The fourth-order valence-corrected chi connectivity index (χ4v) is 2.08. The van der Waals surface area contributed by atoms with Crippen LogP contribution >= 0.6 is 0 Å². The van der Waals surface area contributed by atoms with Crippen molar-refractivity contribution in [1.29, 1.82) is 5.26 Å². The molecule has 1 heterocycles. The van der Waals surface area contributed by atoms with E-state index in [1.807, 2.05) is 6.07 Å². The van der Waals surface area contributed by atoms with Crippen molar-refractivity contribution in [3.05, 3.63) is 51.6 Å². The van der Waals surface area contributed by atoms with Crippen LogP contribution in [0.1, 0.15) is 11.1 Å². The summed E-state index contributed by atoms with van der Waals surface area (Å²) in [7, 11) is 1.44. The summed E-state index contributed by atoms with van der Waals surface area (Å²) in [5.74, 6) is -1.04. The van der Waals surface area contributed by atoms with Crippen molar-refractivity contribution in [2.24, 2.45) is 10.2 Å². The highest BCUT2D eigenvalue weighted by molar-refractivity contribution is 5.56. The first kappa shape index (κ1) is 17.3. The lowest BCUT2D eigenvalue weighted by molar-refractivity contribution is 0.182. The summed E-state index contributed by atoms with van der Waals surface area (Å²) in [5.41, 5.74) is -0.724. The van der Waals surface area contributed by atoms with Crippen molar-refractivity contribution in [2.75, 3.05) is 13.7 Å². The van der Waals surface area contributed by atoms with Crippen LogP contribution in [-0.2, 0) is 11.3 Å². The third kappa shape index (κ3) is 3.31. The Morgan fingerprint density at radius 3 is 2.71 bits per heavy atom. The number of aromatic hydroxyl groups is 1. The second kappa shape index (κ2) is 7.48. The number of benzene rings is 1. The van der Waals surface area contributed by atoms with Gasteiger partial charge in [0.05, 0.1) is 13.2 Å². The molecule has 8 heteroatoms. The number of pyridine rings is 1. The van der Waals surface area contributed by atoms with Crippen molar-refractivity contribution < 1.29 is 14.2 Å². The number of ether oxygens (including phenoxy) is 1. The average molecular weight is 330 g/mol. The summed E-state index contributed by atoms with van der Waals surface area (Å²) >= 11 is 0. The van der Waals surface area contributed by atoms with E-state index in [0.717, 1.165) is 4.57 Å². The van der Waals surface area contributed by atoms with Gasteiger partial charge in [0, 0.05) is 12.7 Å².